The van der Waals surface area contributed by atoms with Gasteiger partial charge in [0.15, 0.2) is 0 Å². The van der Waals surface area contributed by atoms with E-state index in [-0.39, 0.29) is 12.0 Å². The zero-order valence-electron chi connectivity index (χ0n) is 14.3. The number of methoxy groups -OCH3 is 1. The number of nitrogens with zero attached hydrogens (tertiary/aromatic N) is 1. The molecule has 1 fully saturated rings. The molecule has 0 bridgehead atoms. The van der Waals surface area contributed by atoms with Crippen molar-refractivity contribution in [2.75, 3.05) is 20.3 Å². The molecule has 1 unspecified atom stereocenters. The number of esters is 1. The van der Waals surface area contributed by atoms with Crippen LogP contribution in [-0.2, 0) is 19.1 Å². The molecule has 2 heterocycles. The number of halogens is 1. The van der Waals surface area contributed by atoms with Crippen molar-refractivity contribution < 1.29 is 19.1 Å². The van der Waals surface area contributed by atoms with Crippen LogP contribution in [0.3, 0.4) is 0 Å². The molecule has 0 saturated carbocycles. The van der Waals surface area contributed by atoms with E-state index in [4.69, 9.17) is 21.1 Å². The summed E-state index contributed by atoms with van der Waals surface area (Å²) < 4.78 is 10.5. The van der Waals surface area contributed by atoms with Gasteiger partial charge in [-0.05, 0) is 43.5 Å². The van der Waals surface area contributed by atoms with Crippen molar-refractivity contribution in [3.63, 3.8) is 0 Å². The maximum absolute atomic E-state index is 12.9. The van der Waals surface area contributed by atoms with E-state index in [0.29, 0.717) is 35.0 Å². The third-order valence-electron chi connectivity index (χ3n) is 4.49. The lowest BCUT2D eigenvalue weighted by atomic mass is 10.0. The van der Waals surface area contributed by atoms with Crippen molar-refractivity contribution in [1.29, 1.82) is 0 Å². The standard InChI is InChI=1S/C19H20ClNO4/c1-12-17(19(23)24-2)16(10-13-5-7-14(20)8-6-13)18(22)21(12)11-15-4-3-9-25-15/h5-8,10,15H,3-4,9,11H2,1-2H3/b16-10-. The van der Waals surface area contributed by atoms with Gasteiger partial charge in [0.25, 0.3) is 5.91 Å². The number of hydrogen-bond donors (Lipinski definition) is 0. The average Bonchev–Trinajstić information content (AvgIpc) is 3.19. The quantitative estimate of drug-likeness (QED) is 0.610. The van der Waals surface area contributed by atoms with E-state index in [2.05, 4.69) is 0 Å². The van der Waals surface area contributed by atoms with Gasteiger partial charge in [-0.25, -0.2) is 4.79 Å². The molecule has 0 spiro atoms. The summed E-state index contributed by atoms with van der Waals surface area (Å²) >= 11 is 5.91. The Morgan fingerprint density at radius 2 is 2.12 bits per heavy atom. The van der Waals surface area contributed by atoms with E-state index in [1.807, 2.05) is 0 Å². The number of ether oxygens (including phenoxy) is 2. The SMILES string of the molecule is COC(=O)C1=C(C)N(CC2CCCO2)C(=O)/C1=C\c1ccc(Cl)cc1. The van der Waals surface area contributed by atoms with Gasteiger partial charge >= 0.3 is 5.97 Å². The molecule has 1 atom stereocenters. The van der Waals surface area contributed by atoms with Crippen LogP contribution in [0.1, 0.15) is 25.3 Å². The maximum atomic E-state index is 12.9. The summed E-state index contributed by atoms with van der Waals surface area (Å²) in [5.74, 6) is -0.718. The van der Waals surface area contributed by atoms with Crippen LogP contribution in [0.15, 0.2) is 41.1 Å². The van der Waals surface area contributed by atoms with Crippen LogP contribution >= 0.6 is 11.6 Å². The number of carbonyl (C=O) groups excluding carboxylic acids is 2. The first-order valence-corrected chi connectivity index (χ1v) is 8.59. The number of hydrogen-bond acceptors (Lipinski definition) is 4. The predicted octanol–water partition coefficient (Wildman–Crippen LogP) is 3.19. The maximum Gasteiger partial charge on any atom is 0.340 e. The fourth-order valence-electron chi connectivity index (χ4n) is 3.17. The van der Waals surface area contributed by atoms with E-state index < -0.39 is 5.97 Å². The first-order valence-electron chi connectivity index (χ1n) is 8.21. The minimum Gasteiger partial charge on any atom is -0.465 e. The molecule has 0 radical (unpaired) electrons. The Bertz CT molecular complexity index is 745. The Morgan fingerprint density at radius 3 is 2.72 bits per heavy atom. The number of amides is 1. The van der Waals surface area contributed by atoms with Gasteiger partial charge < -0.3 is 14.4 Å². The van der Waals surface area contributed by atoms with Crippen LogP contribution in [0.5, 0.6) is 0 Å². The molecule has 1 aromatic carbocycles. The van der Waals surface area contributed by atoms with Crippen molar-refractivity contribution in [2.45, 2.75) is 25.9 Å². The summed E-state index contributed by atoms with van der Waals surface area (Å²) in [6.45, 7) is 2.93. The summed E-state index contributed by atoms with van der Waals surface area (Å²) in [5, 5.41) is 0.611. The molecule has 1 amide bonds. The van der Waals surface area contributed by atoms with Gasteiger partial charge in [0.1, 0.15) is 0 Å². The van der Waals surface area contributed by atoms with Crippen LogP contribution < -0.4 is 0 Å². The summed E-state index contributed by atoms with van der Waals surface area (Å²) in [6.07, 6.45) is 3.62. The van der Waals surface area contributed by atoms with Crippen LogP contribution in [0.4, 0.5) is 0 Å². The fraction of sp³-hybridized carbons (Fsp3) is 0.368. The highest BCUT2D eigenvalue weighted by atomic mass is 35.5. The first kappa shape index (κ1) is 17.7. The lowest BCUT2D eigenvalue weighted by Crippen LogP contribution is -2.33. The minimum absolute atomic E-state index is 0.00711. The number of rotatable bonds is 4. The van der Waals surface area contributed by atoms with Crippen molar-refractivity contribution in [3.8, 4) is 0 Å². The molecule has 132 valence electrons. The number of carbonyl (C=O) groups is 2. The van der Waals surface area contributed by atoms with Gasteiger partial charge in [-0.3, -0.25) is 4.79 Å². The van der Waals surface area contributed by atoms with E-state index in [1.165, 1.54) is 7.11 Å². The topological polar surface area (TPSA) is 55.8 Å². The highest BCUT2D eigenvalue weighted by Crippen LogP contribution is 2.32. The smallest absolute Gasteiger partial charge is 0.340 e. The van der Waals surface area contributed by atoms with Crippen LogP contribution in [0.2, 0.25) is 5.02 Å². The molecule has 25 heavy (non-hydrogen) atoms. The van der Waals surface area contributed by atoms with Crippen LogP contribution in [0.25, 0.3) is 6.08 Å². The second kappa shape index (κ2) is 7.42. The molecule has 0 aromatic heterocycles. The average molecular weight is 362 g/mol. The third-order valence-corrected chi connectivity index (χ3v) is 4.74. The van der Waals surface area contributed by atoms with Gasteiger partial charge in [0.2, 0.25) is 0 Å². The Hall–Kier alpha value is -2.11. The Labute approximate surface area is 151 Å². The van der Waals surface area contributed by atoms with Crippen LogP contribution in [0, 0.1) is 0 Å². The monoisotopic (exact) mass is 361 g/mol. The highest BCUT2D eigenvalue weighted by Gasteiger charge is 2.38. The van der Waals surface area contributed by atoms with Gasteiger partial charge in [-0.2, -0.15) is 0 Å². The molecule has 0 aliphatic carbocycles. The second-order valence-electron chi connectivity index (χ2n) is 6.11. The molecule has 2 aliphatic rings. The molecule has 0 N–H and O–H groups in total. The van der Waals surface area contributed by atoms with Gasteiger partial charge in [0.05, 0.1) is 30.9 Å². The summed E-state index contributed by atoms with van der Waals surface area (Å²) in [4.78, 5) is 26.8. The number of benzene rings is 1. The molecular formula is C19H20ClNO4. The summed E-state index contributed by atoms with van der Waals surface area (Å²) in [5.41, 5.74) is 2.04. The lowest BCUT2D eigenvalue weighted by molar-refractivity contribution is -0.136. The van der Waals surface area contributed by atoms with Gasteiger partial charge in [-0.1, -0.05) is 23.7 Å². The Kier molecular flexibility index (Phi) is 5.25. The fourth-order valence-corrected chi connectivity index (χ4v) is 3.29. The zero-order chi connectivity index (χ0) is 18.0. The third kappa shape index (κ3) is 3.62. The Morgan fingerprint density at radius 1 is 1.40 bits per heavy atom. The first-order chi connectivity index (χ1) is 12.0. The van der Waals surface area contributed by atoms with Crippen molar-refractivity contribution in [2.24, 2.45) is 0 Å². The van der Waals surface area contributed by atoms with Crippen molar-refractivity contribution in [3.05, 3.63) is 51.7 Å². The molecule has 5 nitrogen and oxygen atoms in total. The second-order valence-corrected chi connectivity index (χ2v) is 6.55. The van der Waals surface area contributed by atoms with E-state index >= 15 is 0 Å². The highest BCUT2D eigenvalue weighted by molar-refractivity contribution is 6.30. The molecule has 2 aliphatic heterocycles. The molecule has 1 aromatic rings. The zero-order valence-corrected chi connectivity index (χ0v) is 15.0. The summed E-state index contributed by atoms with van der Waals surface area (Å²) in [6, 6.07) is 7.09. The summed E-state index contributed by atoms with van der Waals surface area (Å²) in [7, 11) is 1.32. The molecule has 1 saturated heterocycles. The van der Waals surface area contributed by atoms with Crippen molar-refractivity contribution >= 4 is 29.6 Å². The van der Waals surface area contributed by atoms with Crippen LogP contribution in [-0.4, -0.2) is 43.1 Å². The van der Waals surface area contributed by atoms with Crippen molar-refractivity contribution in [1.82, 2.24) is 4.90 Å². The molecule has 6 heteroatoms. The van der Waals surface area contributed by atoms with E-state index in [1.54, 1.807) is 42.2 Å². The predicted molar refractivity (Wildman–Crippen MR) is 94.8 cm³/mol. The van der Waals surface area contributed by atoms with Gasteiger partial charge in [0, 0.05) is 17.3 Å². The molecule has 3 rings (SSSR count). The van der Waals surface area contributed by atoms with Gasteiger partial charge in [-0.15, -0.1) is 0 Å². The largest absolute Gasteiger partial charge is 0.465 e. The lowest BCUT2D eigenvalue weighted by Gasteiger charge is -2.21. The van der Waals surface area contributed by atoms with E-state index in [9.17, 15) is 9.59 Å². The van der Waals surface area contributed by atoms with E-state index in [0.717, 1.165) is 18.4 Å². The number of allylic oxidation sites excluding steroid dienone is 1. The normalized spacial score (nSPS) is 22.2. The Balaban J connectivity index is 1.96. The minimum atomic E-state index is -0.513. The molecular weight excluding hydrogens is 342 g/mol.